The fourth-order valence-corrected chi connectivity index (χ4v) is 4.57. The first-order valence-corrected chi connectivity index (χ1v) is 10.2. The van der Waals surface area contributed by atoms with Crippen LogP contribution < -0.4 is 16.0 Å². The van der Waals surface area contributed by atoms with Gasteiger partial charge in [-0.3, -0.25) is 4.79 Å². The summed E-state index contributed by atoms with van der Waals surface area (Å²) in [6, 6.07) is 1.41. The first-order valence-electron chi connectivity index (χ1n) is 8.93. The minimum atomic E-state index is -4.42. The molecule has 1 aliphatic carbocycles. The van der Waals surface area contributed by atoms with E-state index in [0.717, 1.165) is 17.4 Å². The zero-order valence-corrected chi connectivity index (χ0v) is 16.7. The number of rotatable bonds is 5. The van der Waals surface area contributed by atoms with E-state index in [1.165, 1.54) is 17.5 Å². The van der Waals surface area contributed by atoms with Gasteiger partial charge in [-0.05, 0) is 30.5 Å². The zero-order chi connectivity index (χ0) is 21.7. The largest absolute Gasteiger partial charge is 0.400 e. The van der Waals surface area contributed by atoms with E-state index in [1.54, 1.807) is 0 Å². The van der Waals surface area contributed by atoms with Crippen LogP contribution in [0.3, 0.4) is 0 Å². The summed E-state index contributed by atoms with van der Waals surface area (Å²) < 4.78 is 54.0. The highest BCUT2D eigenvalue weighted by atomic mass is 35.5. The molecule has 3 N–H and O–H groups in total. The van der Waals surface area contributed by atoms with E-state index < -0.39 is 41.4 Å². The van der Waals surface area contributed by atoms with Crippen molar-refractivity contribution in [2.45, 2.75) is 36.5 Å². The summed E-state index contributed by atoms with van der Waals surface area (Å²) in [7, 11) is 0. The monoisotopic (exact) mass is 462 g/mol. The van der Waals surface area contributed by atoms with Crippen LogP contribution in [0.2, 0.25) is 5.02 Å². The van der Waals surface area contributed by atoms with Crippen LogP contribution in [0, 0.1) is 5.82 Å². The van der Waals surface area contributed by atoms with E-state index in [4.69, 9.17) is 11.6 Å². The molecule has 2 atom stereocenters. The molecule has 0 bridgehead atoms. The van der Waals surface area contributed by atoms with Crippen LogP contribution in [0.25, 0.3) is 0 Å². The lowest BCUT2D eigenvalue weighted by Crippen LogP contribution is -2.44. The Kier molecular flexibility index (Phi) is 5.13. The van der Waals surface area contributed by atoms with Gasteiger partial charge in [0.1, 0.15) is 22.3 Å². The molecule has 1 aliphatic heterocycles. The molecule has 30 heavy (non-hydrogen) atoms. The van der Waals surface area contributed by atoms with Gasteiger partial charge in [-0.2, -0.15) is 13.2 Å². The van der Waals surface area contributed by atoms with E-state index in [2.05, 4.69) is 20.9 Å². The van der Waals surface area contributed by atoms with E-state index in [0.29, 0.717) is 5.56 Å². The highest BCUT2D eigenvalue weighted by Gasteiger charge is 2.66. The number of amides is 3. The third-order valence-corrected chi connectivity index (χ3v) is 6.53. The molecule has 2 aliphatic rings. The van der Waals surface area contributed by atoms with Crippen LogP contribution in [0.4, 0.5) is 22.4 Å². The van der Waals surface area contributed by atoms with Gasteiger partial charge in [0, 0.05) is 11.9 Å². The number of carbonyl (C=O) groups excluding carboxylic acids is 2. The summed E-state index contributed by atoms with van der Waals surface area (Å²) in [4.78, 5) is 28.1. The number of benzene rings is 1. The van der Waals surface area contributed by atoms with Crippen molar-refractivity contribution >= 4 is 34.9 Å². The van der Waals surface area contributed by atoms with E-state index in [-0.39, 0.29) is 35.1 Å². The molecule has 1 saturated heterocycles. The Balaban J connectivity index is 1.66. The van der Waals surface area contributed by atoms with E-state index >= 15 is 0 Å². The Hall–Kier alpha value is -2.40. The first-order chi connectivity index (χ1) is 14.1. The van der Waals surface area contributed by atoms with Crippen molar-refractivity contribution < 1.29 is 27.2 Å². The van der Waals surface area contributed by atoms with Crippen LogP contribution in [0.5, 0.6) is 0 Å². The highest BCUT2D eigenvalue weighted by Crippen LogP contribution is 2.59. The Morgan fingerprint density at radius 3 is 2.67 bits per heavy atom. The smallest absolute Gasteiger partial charge is 0.342 e. The quantitative estimate of drug-likeness (QED) is 0.595. The van der Waals surface area contributed by atoms with Crippen LogP contribution in [0.15, 0.2) is 23.6 Å². The molecule has 2 heterocycles. The minimum absolute atomic E-state index is 0.0391. The number of alkyl halides is 3. The van der Waals surface area contributed by atoms with E-state index in [1.807, 2.05) is 0 Å². The van der Waals surface area contributed by atoms with Crippen molar-refractivity contribution in [2.24, 2.45) is 0 Å². The molecule has 0 spiro atoms. The number of nitrogens with one attached hydrogen (secondary N) is 3. The molecule has 0 radical (unpaired) electrons. The maximum atomic E-state index is 13.6. The molecule has 1 saturated carbocycles. The lowest BCUT2D eigenvalue weighted by atomic mass is 10.0. The van der Waals surface area contributed by atoms with Gasteiger partial charge in [0.25, 0.3) is 0 Å². The number of halogens is 5. The van der Waals surface area contributed by atoms with Crippen LogP contribution in [-0.4, -0.2) is 35.7 Å². The van der Waals surface area contributed by atoms with Gasteiger partial charge in [0.2, 0.25) is 5.91 Å². The van der Waals surface area contributed by atoms with Crippen LogP contribution in [-0.2, 0) is 10.2 Å². The summed E-state index contributed by atoms with van der Waals surface area (Å²) in [5.41, 5.74) is -1.42. The van der Waals surface area contributed by atoms with Gasteiger partial charge < -0.3 is 16.0 Å². The topological polar surface area (TPSA) is 83.1 Å². The predicted octanol–water partition coefficient (Wildman–Crippen LogP) is 3.42. The van der Waals surface area contributed by atoms with Crippen molar-refractivity contribution in [3.8, 4) is 0 Å². The van der Waals surface area contributed by atoms with Crippen molar-refractivity contribution in [3.05, 3.63) is 50.7 Å². The molecular formula is C18H15ClF4N4O2S. The highest BCUT2D eigenvalue weighted by molar-refractivity contribution is 7.09. The van der Waals surface area contributed by atoms with Crippen LogP contribution in [0.1, 0.15) is 35.1 Å². The number of aromatic nitrogens is 1. The third kappa shape index (κ3) is 3.71. The number of hydrogen-bond acceptors (Lipinski definition) is 4. The summed E-state index contributed by atoms with van der Waals surface area (Å²) in [5.74, 6) is -1.24. The van der Waals surface area contributed by atoms with Gasteiger partial charge in [0.05, 0.1) is 16.8 Å². The van der Waals surface area contributed by atoms with Gasteiger partial charge in [0.15, 0.2) is 0 Å². The molecule has 2 fully saturated rings. The number of thiazole rings is 1. The van der Waals surface area contributed by atoms with E-state index in [9.17, 15) is 27.2 Å². The molecule has 1 aromatic heterocycles. The Morgan fingerprint density at radius 2 is 2.10 bits per heavy atom. The molecule has 1 unspecified atom stereocenters. The molecular weight excluding hydrogens is 448 g/mol. The fraction of sp³-hybridized carbons (Fsp3) is 0.389. The van der Waals surface area contributed by atoms with Gasteiger partial charge in [-0.1, -0.05) is 17.7 Å². The molecule has 4 rings (SSSR count). The summed E-state index contributed by atoms with van der Waals surface area (Å²) in [6.07, 6.45) is -4.49. The maximum absolute atomic E-state index is 13.6. The molecule has 160 valence electrons. The zero-order valence-electron chi connectivity index (χ0n) is 15.1. The number of hydrogen-bond donors (Lipinski definition) is 3. The summed E-state index contributed by atoms with van der Waals surface area (Å²) in [6.45, 7) is 0.0566. The Bertz CT molecular complexity index is 1010. The van der Waals surface area contributed by atoms with Crippen molar-refractivity contribution in [2.75, 3.05) is 6.54 Å². The van der Waals surface area contributed by atoms with Crippen molar-refractivity contribution in [1.82, 2.24) is 20.9 Å². The standard InChI is InChI=1S/C18H15ClF4N4O2S/c19-9-5-8(1-2-10(9)20)13(27-14(28)11-6-24-16(29)26-11)12-7-30-15(25-12)17(3-4-17)18(21,22)23/h1-2,5,7,11,13H,3-4,6H2,(H,27,28)(H2,24,26,29)/t11?,13-/m0/s1. The Labute approximate surface area is 177 Å². The second-order valence-corrected chi connectivity index (χ2v) is 8.44. The third-order valence-electron chi connectivity index (χ3n) is 5.17. The average molecular weight is 463 g/mol. The molecule has 2 aromatic rings. The van der Waals surface area contributed by atoms with Gasteiger partial charge in [-0.25, -0.2) is 14.2 Å². The normalized spacial score (nSPS) is 21.0. The minimum Gasteiger partial charge on any atom is -0.342 e. The lowest BCUT2D eigenvalue weighted by Gasteiger charge is -2.20. The van der Waals surface area contributed by atoms with Gasteiger partial charge >= 0.3 is 12.2 Å². The number of urea groups is 1. The Morgan fingerprint density at radius 1 is 1.37 bits per heavy atom. The number of nitrogens with zero attached hydrogens (tertiary/aromatic N) is 1. The van der Waals surface area contributed by atoms with Crippen LogP contribution >= 0.6 is 22.9 Å². The van der Waals surface area contributed by atoms with Gasteiger partial charge in [-0.15, -0.1) is 11.3 Å². The second kappa shape index (κ2) is 7.38. The predicted molar refractivity (Wildman–Crippen MR) is 101 cm³/mol. The summed E-state index contributed by atoms with van der Waals surface area (Å²) >= 11 is 6.72. The lowest BCUT2D eigenvalue weighted by molar-refractivity contribution is -0.160. The molecule has 1 aromatic carbocycles. The second-order valence-electron chi connectivity index (χ2n) is 7.18. The fourth-order valence-electron chi connectivity index (χ4n) is 3.26. The maximum Gasteiger partial charge on any atom is 0.400 e. The first kappa shape index (κ1) is 20.9. The summed E-state index contributed by atoms with van der Waals surface area (Å²) in [5, 5.41) is 8.71. The number of carbonyl (C=O) groups is 2. The molecule has 12 heteroatoms. The van der Waals surface area contributed by atoms with Crippen molar-refractivity contribution in [3.63, 3.8) is 0 Å². The van der Waals surface area contributed by atoms with Crippen molar-refractivity contribution in [1.29, 1.82) is 0 Å². The molecule has 3 amide bonds. The molecule has 6 nitrogen and oxygen atoms in total. The average Bonchev–Trinajstić information content (AvgIpc) is 3.16. The SMILES string of the molecule is O=C1NCC(C(=O)N[C@@H](c2ccc(F)c(Cl)c2)c2csc(C3(C(F)(F)F)CC3)n2)N1.